The molecule has 0 aromatic carbocycles. The molecule has 0 aromatic rings. The average Bonchev–Trinajstić information content (AvgIpc) is 3.35. The van der Waals surface area contributed by atoms with E-state index in [0.29, 0.717) is 23.9 Å². The minimum absolute atomic E-state index is 0.0767. The zero-order chi connectivity index (χ0) is 53.5. The second-order valence-corrected chi connectivity index (χ2v) is 25.0. The number of hydrogen-bond donors (Lipinski definition) is 3. The molecule has 0 aliphatic heterocycles. The molecule has 0 aliphatic carbocycles. The van der Waals surface area contributed by atoms with E-state index in [2.05, 4.69) is 43.5 Å². The molecule has 3 N–H and O–H groups in total. The summed E-state index contributed by atoms with van der Waals surface area (Å²) in [4.78, 5) is 23.4. The smallest absolute Gasteiger partial charge is 0.391 e. The number of hydrogen-bond acceptors (Lipinski definition) is 5. The van der Waals surface area contributed by atoms with Gasteiger partial charge in [0, 0.05) is 6.42 Å². The lowest BCUT2D eigenvalue weighted by atomic mass is 10.0. The molecule has 0 saturated carbocycles. The lowest BCUT2D eigenvalue weighted by Crippen LogP contribution is -2.46. The Morgan fingerprint density at radius 1 is 0.466 bits per heavy atom. The van der Waals surface area contributed by atoms with Gasteiger partial charge in [0.05, 0.1) is 39.9 Å². The Labute approximate surface area is 455 Å². The summed E-state index contributed by atoms with van der Waals surface area (Å²) >= 11 is 0. The summed E-state index contributed by atoms with van der Waals surface area (Å²) in [5.74, 6) is -0.139. The molecule has 73 heavy (non-hydrogen) atoms. The number of rotatable bonds is 60. The first-order valence-electron chi connectivity index (χ1n) is 32.2. The quantitative estimate of drug-likeness (QED) is 0.0243. The van der Waals surface area contributed by atoms with Crippen LogP contribution in [0.15, 0.2) is 24.3 Å². The Hall–Kier alpha value is -1.02. The third-order valence-corrected chi connectivity index (χ3v) is 15.9. The van der Waals surface area contributed by atoms with Crippen LogP contribution in [0.4, 0.5) is 0 Å². The highest BCUT2D eigenvalue weighted by molar-refractivity contribution is 7.47. The first-order chi connectivity index (χ1) is 35.5. The van der Waals surface area contributed by atoms with Crippen LogP contribution in [-0.4, -0.2) is 73.4 Å². The Bertz CT molecular complexity index is 1240. The number of likely N-dealkylation sites (N-methyl/N-ethyl adjacent to an activating group) is 1. The van der Waals surface area contributed by atoms with Gasteiger partial charge in [-0.2, -0.15) is 0 Å². The van der Waals surface area contributed by atoms with E-state index in [1.165, 1.54) is 257 Å². The van der Waals surface area contributed by atoms with Gasteiger partial charge in [0.1, 0.15) is 13.2 Å². The fraction of sp³-hybridized carbons (Fsp3) is 0.922. The molecule has 0 fully saturated rings. The van der Waals surface area contributed by atoms with Crippen LogP contribution in [0, 0.1) is 0 Å². The van der Waals surface area contributed by atoms with E-state index in [9.17, 15) is 19.4 Å². The fourth-order valence-corrected chi connectivity index (χ4v) is 10.6. The number of allylic oxidation sites excluding steroid dienone is 4. The number of phosphoric ester groups is 1. The molecule has 0 radical (unpaired) electrons. The van der Waals surface area contributed by atoms with Gasteiger partial charge in [0.25, 0.3) is 0 Å². The summed E-state index contributed by atoms with van der Waals surface area (Å²) in [5.41, 5.74) is 0. The van der Waals surface area contributed by atoms with Crippen molar-refractivity contribution in [1.82, 2.24) is 5.32 Å². The summed E-state index contributed by atoms with van der Waals surface area (Å²) in [5, 5.41) is 14.1. The van der Waals surface area contributed by atoms with Gasteiger partial charge in [0.15, 0.2) is 0 Å². The number of unbranched alkanes of at least 4 members (excludes halogenated alkanes) is 43. The maximum Gasteiger partial charge on any atom is 0.472 e. The Morgan fingerprint density at radius 2 is 0.781 bits per heavy atom. The predicted molar refractivity (Wildman–Crippen MR) is 318 cm³/mol. The van der Waals surface area contributed by atoms with Crippen molar-refractivity contribution in [3.05, 3.63) is 24.3 Å². The van der Waals surface area contributed by atoms with Crippen LogP contribution in [0.2, 0.25) is 0 Å². The van der Waals surface area contributed by atoms with Crippen LogP contribution in [0.25, 0.3) is 0 Å². The number of carbonyl (C=O) groups excluding carboxylic acids is 1. The minimum Gasteiger partial charge on any atom is -0.391 e. The average molecular weight is 1050 g/mol. The summed E-state index contributed by atoms with van der Waals surface area (Å²) in [6, 6.07) is -0.760. The second-order valence-electron chi connectivity index (χ2n) is 23.5. The minimum atomic E-state index is -4.32. The Kier molecular flexibility index (Phi) is 54.9. The number of amides is 1. The van der Waals surface area contributed by atoms with Crippen LogP contribution >= 0.6 is 7.82 Å². The number of nitrogens with one attached hydrogen (secondary N) is 1. The van der Waals surface area contributed by atoms with Crippen LogP contribution < -0.4 is 5.32 Å². The zero-order valence-corrected chi connectivity index (χ0v) is 50.5. The molecule has 0 aromatic heterocycles. The van der Waals surface area contributed by atoms with Crippen molar-refractivity contribution >= 4 is 13.7 Å². The van der Waals surface area contributed by atoms with Gasteiger partial charge in [0.2, 0.25) is 5.91 Å². The molecule has 1 amide bonds. The van der Waals surface area contributed by atoms with Crippen molar-refractivity contribution in [2.45, 2.75) is 341 Å². The molecule has 0 aliphatic rings. The van der Waals surface area contributed by atoms with E-state index in [1.807, 2.05) is 21.1 Å². The van der Waals surface area contributed by atoms with E-state index >= 15 is 0 Å². The highest BCUT2D eigenvalue weighted by Crippen LogP contribution is 2.43. The maximum atomic E-state index is 13.0. The molecule has 9 heteroatoms. The molecule has 0 spiro atoms. The molecule has 8 nitrogen and oxygen atoms in total. The van der Waals surface area contributed by atoms with Crippen LogP contribution in [0.3, 0.4) is 0 Å². The second kappa shape index (κ2) is 55.7. The monoisotopic (exact) mass is 1050 g/mol. The summed E-state index contributed by atoms with van der Waals surface area (Å²) in [7, 11) is 1.63. The molecule has 0 heterocycles. The Morgan fingerprint density at radius 3 is 1.12 bits per heavy atom. The number of quaternary nitrogens is 1. The van der Waals surface area contributed by atoms with Crippen molar-refractivity contribution in [3.8, 4) is 0 Å². The van der Waals surface area contributed by atoms with Gasteiger partial charge in [-0.15, -0.1) is 0 Å². The zero-order valence-electron chi connectivity index (χ0n) is 49.7. The lowest BCUT2D eigenvalue weighted by Gasteiger charge is -2.26. The summed E-state index contributed by atoms with van der Waals surface area (Å²) in [6.07, 6.45) is 71.1. The molecule has 0 bridgehead atoms. The van der Waals surface area contributed by atoms with E-state index in [1.54, 1.807) is 0 Å². The molecule has 434 valence electrons. The van der Waals surface area contributed by atoms with E-state index in [-0.39, 0.29) is 19.1 Å². The Balaban J connectivity index is 4.04. The fourth-order valence-electron chi connectivity index (χ4n) is 9.90. The summed E-state index contributed by atoms with van der Waals surface area (Å²) in [6.45, 7) is 4.94. The first kappa shape index (κ1) is 72.0. The largest absolute Gasteiger partial charge is 0.472 e. The van der Waals surface area contributed by atoms with Gasteiger partial charge in [-0.1, -0.05) is 301 Å². The van der Waals surface area contributed by atoms with Crippen LogP contribution in [-0.2, 0) is 18.4 Å². The number of carbonyl (C=O) groups is 1. The van der Waals surface area contributed by atoms with Crippen molar-refractivity contribution in [1.29, 1.82) is 0 Å². The van der Waals surface area contributed by atoms with E-state index < -0.39 is 20.0 Å². The van der Waals surface area contributed by atoms with Gasteiger partial charge in [-0.05, 0) is 44.9 Å². The van der Waals surface area contributed by atoms with Gasteiger partial charge < -0.3 is 19.8 Å². The molecular weight excluding hydrogens is 924 g/mol. The van der Waals surface area contributed by atoms with Crippen LogP contribution in [0.1, 0.15) is 328 Å². The highest BCUT2D eigenvalue weighted by Gasteiger charge is 2.28. The number of aliphatic hydroxyl groups excluding tert-OH is 1. The highest BCUT2D eigenvalue weighted by atomic mass is 31.2. The number of aliphatic hydroxyl groups is 1. The van der Waals surface area contributed by atoms with E-state index in [0.717, 1.165) is 44.9 Å². The topological polar surface area (TPSA) is 105 Å². The predicted octanol–water partition coefficient (Wildman–Crippen LogP) is 19.9. The number of nitrogens with zero attached hydrogens (tertiary/aromatic N) is 1. The maximum absolute atomic E-state index is 13.0. The molecule has 3 atom stereocenters. The van der Waals surface area contributed by atoms with Crippen molar-refractivity contribution in [3.63, 3.8) is 0 Å². The van der Waals surface area contributed by atoms with Crippen molar-refractivity contribution in [2.24, 2.45) is 0 Å². The summed E-state index contributed by atoms with van der Waals surface area (Å²) < 4.78 is 23.8. The van der Waals surface area contributed by atoms with Crippen molar-refractivity contribution in [2.75, 3.05) is 40.9 Å². The SMILES string of the molecule is CCCCCCCCCCC/C=C\C/C=C\CCCCCCCCCCCCCCCCCC(=O)NC(COP(=O)(O)OCC[N+](C)(C)C)C(O)CCCCCCCCCCCCCCCCCCCCCC. The van der Waals surface area contributed by atoms with Crippen LogP contribution in [0.5, 0.6) is 0 Å². The number of phosphoric acid groups is 1. The van der Waals surface area contributed by atoms with Gasteiger partial charge in [-0.25, -0.2) is 4.57 Å². The lowest BCUT2D eigenvalue weighted by molar-refractivity contribution is -0.870. The third kappa shape index (κ3) is 58.5. The molecule has 0 rings (SSSR count). The molecule has 3 unspecified atom stereocenters. The normalized spacial score (nSPS) is 13.9. The third-order valence-electron chi connectivity index (χ3n) is 15.0. The first-order valence-corrected chi connectivity index (χ1v) is 33.7. The standard InChI is InChI=1S/C64H127N2O6P/c1-6-8-10-12-14-16-18-20-22-24-26-28-29-30-31-32-33-34-35-36-37-38-40-42-44-46-48-50-52-54-56-58-64(68)65-62(61-72-73(69,70)71-60-59-66(3,4)5)63(67)57-55-53-51-49-47-45-43-41-39-27-25-23-21-19-17-15-13-11-9-7-2/h26,28,30-31,62-63,67H,6-25,27,29,32-61H2,1-5H3,(H-,65,68,69,70)/p+1/b28-26-,31-30-. The van der Waals surface area contributed by atoms with Gasteiger partial charge >= 0.3 is 7.82 Å². The molecular formula is C64H128N2O6P+. The molecule has 0 saturated heterocycles. The van der Waals surface area contributed by atoms with Gasteiger partial charge in [-0.3, -0.25) is 13.8 Å². The van der Waals surface area contributed by atoms with E-state index in [4.69, 9.17) is 9.05 Å². The van der Waals surface area contributed by atoms with Crippen molar-refractivity contribution < 1.29 is 32.9 Å².